The van der Waals surface area contributed by atoms with Gasteiger partial charge >= 0.3 is 0 Å². The Kier molecular flexibility index (Phi) is 4.73. The summed E-state index contributed by atoms with van der Waals surface area (Å²) in [6.45, 7) is -0.154. The number of nitrogens with one attached hydrogen (secondary N) is 1. The molecule has 0 aliphatic rings. The summed E-state index contributed by atoms with van der Waals surface area (Å²) in [6.07, 6.45) is 0.384. The van der Waals surface area contributed by atoms with Crippen LogP contribution in [0.5, 0.6) is 0 Å². The van der Waals surface area contributed by atoms with E-state index in [9.17, 15) is 4.79 Å². The van der Waals surface area contributed by atoms with E-state index in [0.29, 0.717) is 6.42 Å². The first-order valence-electron chi connectivity index (χ1n) is 5.78. The van der Waals surface area contributed by atoms with Crippen molar-refractivity contribution in [1.82, 2.24) is 0 Å². The number of rotatable bonds is 3. The summed E-state index contributed by atoms with van der Waals surface area (Å²) in [4.78, 5) is 11.8. The van der Waals surface area contributed by atoms with E-state index in [2.05, 4.69) is 17.2 Å². The van der Waals surface area contributed by atoms with Crippen LogP contribution in [0, 0.1) is 11.8 Å². The van der Waals surface area contributed by atoms with Gasteiger partial charge in [0.25, 0.3) is 0 Å². The van der Waals surface area contributed by atoms with Crippen LogP contribution < -0.4 is 5.32 Å². The Bertz CT molecular complexity index is 591. The Hall–Kier alpha value is -2.09. The molecule has 0 aliphatic heterocycles. The van der Waals surface area contributed by atoms with Gasteiger partial charge in [0.15, 0.2) is 0 Å². The minimum Gasteiger partial charge on any atom is -0.384 e. The van der Waals surface area contributed by atoms with Crippen molar-refractivity contribution in [3.05, 3.63) is 52.2 Å². The topological polar surface area (TPSA) is 49.3 Å². The molecule has 1 aromatic carbocycles. The number of aliphatic hydroxyl groups excluding tert-OH is 1. The maximum absolute atomic E-state index is 11.8. The molecule has 0 spiro atoms. The van der Waals surface area contributed by atoms with Gasteiger partial charge in [0.1, 0.15) is 6.61 Å². The van der Waals surface area contributed by atoms with Crippen molar-refractivity contribution >= 4 is 22.9 Å². The van der Waals surface area contributed by atoms with Crippen LogP contribution in [0.2, 0.25) is 0 Å². The van der Waals surface area contributed by atoms with Crippen molar-refractivity contribution < 1.29 is 9.90 Å². The lowest BCUT2D eigenvalue weighted by Crippen LogP contribution is -2.13. The van der Waals surface area contributed by atoms with E-state index in [-0.39, 0.29) is 12.5 Å². The van der Waals surface area contributed by atoms with Crippen LogP contribution in [-0.4, -0.2) is 17.6 Å². The van der Waals surface area contributed by atoms with Gasteiger partial charge in [0, 0.05) is 11.3 Å². The molecule has 1 amide bonds. The van der Waals surface area contributed by atoms with Crippen LogP contribution in [0.1, 0.15) is 11.1 Å². The smallest absolute Gasteiger partial charge is 0.228 e. The number of carbonyl (C=O) groups excluding carboxylic acids is 1. The second-order valence-electron chi connectivity index (χ2n) is 3.89. The maximum Gasteiger partial charge on any atom is 0.228 e. The second-order valence-corrected chi connectivity index (χ2v) is 4.67. The van der Waals surface area contributed by atoms with E-state index in [0.717, 1.165) is 16.8 Å². The zero-order chi connectivity index (χ0) is 13.5. The molecule has 0 saturated carbocycles. The summed E-state index contributed by atoms with van der Waals surface area (Å²) in [5.41, 5.74) is 2.58. The highest BCUT2D eigenvalue weighted by Gasteiger charge is 2.04. The molecule has 2 N–H and O–H groups in total. The molecule has 0 aliphatic carbocycles. The summed E-state index contributed by atoms with van der Waals surface area (Å²) in [5.74, 6) is 5.34. The Morgan fingerprint density at radius 2 is 2.05 bits per heavy atom. The van der Waals surface area contributed by atoms with E-state index < -0.39 is 0 Å². The molecule has 0 fully saturated rings. The van der Waals surface area contributed by atoms with Gasteiger partial charge in [-0.2, -0.15) is 11.3 Å². The molecule has 0 atom stereocenters. The summed E-state index contributed by atoms with van der Waals surface area (Å²) in [7, 11) is 0. The number of thiophene rings is 1. The third-order valence-electron chi connectivity index (χ3n) is 2.43. The molecule has 19 heavy (non-hydrogen) atoms. The SMILES string of the molecule is O=C(Cc1ccsc1)Nc1ccc(C#CCO)cc1. The summed E-state index contributed by atoms with van der Waals surface area (Å²) in [5, 5.41) is 15.3. The molecule has 4 heteroatoms. The Morgan fingerprint density at radius 1 is 1.26 bits per heavy atom. The molecule has 96 valence electrons. The maximum atomic E-state index is 11.8. The summed E-state index contributed by atoms with van der Waals surface area (Å²) < 4.78 is 0. The van der Waals surface area contributed by atoms with Crippen molar-refractivity contribution in [3.8, 4) is 11.8 Å². The van der Waals surface area contributed by atoms with Crippen molar-refractivity contribution in [2.24, 2.45) is 0 Å². The average molecular weight is 271 g/mol. The molecule has 3 nitrogen and oxygen atoms in total. The van der Waals surface area contributed by atoms with Crippen molar-refractivity contribution in [1.29, 1.82) is 0 Å². The van der Waals surface area contributed by atoms with Gasteiger partial charge in [-0.25, -0.2) is 0 Å². The normalized spacial score (nSPS) is 9.53. The highest BCUT2D eigenvalue weighted by Crippen LogP contribution is 2.11. The molecular weight excluding hydrogens is 258 g/mol. The van der Waals surface area contributed by atoms with Crippen LogP contribution in [0.4, 0.5) is 5.69 Å². The van der Waals surface area contributed by atoms with E-state index in [4.69, 9.17) is 5.11 Å². The van der Waals surface area contributed by atoms with Crippen molar-refractivity contribution in [3.63, 3.8) is 0 Å². The third-order valence-corrected chi connectivity index (χ3v) is 3.16. The second kappa shape index (κ2) is 6.74. The number of benzene rings is 1. The Morgan fingerprint density at radius 3 is 2.68 bits per heavy atom. The third kappa shape index (κ3) is 4.25. The molecule has 0 radical (unpaired) electrons. The molecule has 2 aromatic rings. The number of carbonyl (C=O) groups is 1. The molecular formula is C15H13NO2S. The minimum atomic E-state index is -0.154. The molecule has 0 saturated heterocycles. The van der Waals surface area contributed by atoms with Crippen LogP contribution in [-0.2, 0) is 11.2 Å². The predicted octanol–water partition coefficient (Wildman–Crippen LogP) is 2.27. The highest BCUT2D eigenvalue weighted by molar-refractivity contribution is 7.08. The lowest BCUT2D eigenvalue weighted by Gasteiger charge is -2.04. The first kappa shape index (κ1) is 13.3. The van der Waals surface area contributed by atoms with E-state index in [1.807, 2.05) is 29.0 Å². The van der Waals surface area contributed by atoms with Crippen LogP contribution in [0.15, 0.2) is 41.1 Å². The van der Waals surface area contributed by atoms with Crippen molar-refractivity contribution in [2.45, 2.75) is 6.42 Å². The number of anilines is 1. The minimum absolute atomic E-state index is 0.0346. The number of hydrogen-bond donors (Lipinski definition) is 2. The standard InChI is InChI=1S/C15H13NO2S/c17-8-1-2-12-3-5-14(6-4-12)16-15(18)10-13-7-9-19-11-13/h3-7,9,11,17H,8,10H2,(H,16,18). The lowest BCUT2D eigenvalue weighted by molar-refractivity contribution is -0.115. The lowest BCUT2D eigenvalue weighted by atomic mass is 10.2. The molecule has 2 rings (SSSR count). The van der Waals surface area contributed by atoms with Crippen LogP contribution >= 0.6 is 11.3 Å². The first-order valence-corrected chi connectivity index (χ1v) is 6.73. The molecule has 0 unspecified atom stereocenters. The van der Waals surface area contributed by atoms with Gasteiger partial charge in [-0.1, -0.05) is 11.8 Å². The highest BCUT2D eigenvalue weighted by atomic mass is 32.1. The summed E-state index contributed by atoms with van der Waals surface area (Å²) >= 11 is 1.58. The average Bonchev–Trinajstić information content (AvgIpc) is 2.90. The van der Waals surface area contributed by atoms with Gasteiger partial charge in [0.2, 0.25) is 5.91 Å². The van der Waals surface area contributed by atoms with Gasteiger partial charge in [-0.05, 0) is 46.7 Å². The number of aliphatic hydroxyl groups is 1. The number of hydrogen-bond acceptors (Lipinski definition) is 3. The zero-order valence-corrected chi connectivity index (χ0v) is 11.0. The fraction of sp³-hybridized carbons (Fsp3) is 0.133. The Balaban J connectivity index is 1.94. The van der Waals surface area contributed by atoms with Gasteiger partial charge in [-0.3, -0.25) is 4.79 Å². The van der Waals surface area contributed by atoms with Gasteiger partial charge in [-0.15, -0.1) is 0 Å². The molecule has 1 aromatic heterocycles. The van der Waals surface area contributed by atoms with Gasteiger partial charge in [0.05, 0.1) is 6.42 Å². The Labute approximate surface area is 115 Å². The zero-order valence-electron chi connectivity index (χ0n) is 10.2. The van der Waals surface area contributed by atoms with E-state index in [1.165, 1.54) is 0 Å². The van der Waals surface area contributed by atoms with Crippen molar-refractivity contribution in [2.75, 3.05) is 11.9 Å². The van der Waals surface area contributed by atoms with Crippen LogP contribution in [0.3, 0.4) is 0 Å². The van der Waals surface area contributed by atoms with E-state index >= 15 is 0 Å². The monoisotopic (exact) mass is 271 g/mol. The first-order chi connectivity index (χ1) is 9.28. The van der Waals surface area contributed by atoms with Gasteiger partial charge < -0.3 is 10.4 Å². The quantitative estimate of drug-likeness (QED) is 0.841. The fourth-order valence-electron chi connectivity index (χ4n) is 1.56. The largest absolute Gasteiger partial charge is 0.384 e. The van der Waals surface area contributed by atoms with E-state index in [1.54, 1.807) is 23.5 Å². The molecule has 1 heterocycles. The summed E-state index contributed by atoms with van der Waals surface area (Å²) in [6, 6.07) is 9.16. The predicted molar refractivity (Wildman–Crippen MR) is 77.1 cm³/mol. The molecule has 0 bridgehead atoms. The number of amides is 1. The fourth-order valence-corrected chi connectivity index (χ4v) is 2.23. The van der Waals surface area contributed by atoms with Crippen LogP contribution in [0.25, 0.3) is 0 Å².